The van der Waals surface area contributed by atoms with Crippen molar-refractivity contribution in [1.82, 2.24) is 0 Å². The first-order valence-corrected chi connectivity index (χ1v) is 7.73. The van der Waals surface area contributed by atoms with Crippen LogP contribution in [0.4, 0.5) is 0 Å². The molecule has 2 atom stereocenters. The van der Waals surface area contributed by atoms with Crippen LogP contribution in [0.3, 0.4) is 0 Å². The molecular weight excluding hydrogens is 290 g/mol. The van der Waals surface area contributed by atoms with E-state index in [0.29, 0.717) is 30.2 Å². The third-order valence-electron chi connectivity index (χ3n) is 2.95. The van der Waals surface area contributed by atoms with Crippen LogP contribution in [-0.4, -0.2) is 24.7 Å². The predicted octanol–water partition coefficient (Wildman–Crippen LogP) is 3.34. The Balaban J connectivity index is 2.99. The minimum atomic E-state index is -0.637. The molecule has 2 unspecified atom stereocenters. The molecule has 0 spiro atoms. The zero-order valence-corrected chi connectivity index (χ0v) is 13.7. The summed E-state index contributed by atoms with van der Waals surface area (Å²) in [5.41, 5.74) is 6.76. The Bertz CT molecular complexity index is 463. The van der Waals surface area contributed by atoms with Gasteiger partial charge in [0.25, 0.3) is 0 Å². The molecule has 0 saturated heterocycles. The number of para-hydroxylation sites is 1. The zero-order valence-electron chi connectivity index (χ0n) is 12.9. The Morgan fingerprint density at radius 2 is 2.10 bits per heavy atom. The Morgan fingerprint density at radius 1 is 1.38 bits per heavy atom. The summed E-state index contributed by atoms with van der Waals surface area (Å²) in [6, 6.07) is 5.50. The normalized spacial score (nSPS) is 13.6. The smallest absolute Gasteiger partial charge is 0.347 e. The first-order valence-electron chi connectivity index (χ1n) is 7.35. The molecule has 0 aromatic heterocycles. The maximum absolute atomic E-state index is 12.0. The van der Waals surface area contributed by atoms with E-state index in [1.807, 2.05) is 26.0 Å². The molecule has 4 nitrogen and oxygen atoms in total. The second kappa shape index (κ2) is 8.90. The molecule has 0 fully saturated rings. The summed E-state index contributed by atoms with van der Waals surface area (Å²) in [4.78, 5) is 12.0. The van der Waals surface area contributed by atoms with Gasteiger partial charge in [0.1, 0.15) is 5.75 Å². The standard InChI is InChI=1S/C16H24ClNO3/c1-4-7-14(16(19)20-5-2)21-15-12(10-11(3)18)8-6-9-13(15)17/h6,8-9,11,14H,4-5,7,10,18H2,1-3H3. The number of ether oxygens (including phenoxy) is 2. The lowest BCUT2D eigenvalue weighted by molar-refractivity contribution is -0.151. The maximum atomic E-state index is 12.0. The number of nitrogens with two attached hydrogens (primary N) is 1. The lowest BCUT2D eigenvalue weighted by Crippen LogP contribution is -2.30. The largest absolute Gasteiger partial charge is 0.477 e. The van der Waals surface area contributed by atoms with Gasteiger partial charge < -0.3 is 15.2 Å². The minimum Gasteiger partial charge on any atom is -0.477 e. The van der Waals surface area contributed by atoms with Gasteiger partial charge in [0.05, 0.1) is 11.6 Å². The molecule has 0 aliphatic rings. The van der Waals surface area contributed by atoms with Gasteiger partial charge in [-0.05, 0) is 38.3 Å². The molecule has 1 rings (SSSR count). The van der Waals surface area contributed by atoms with Gasteiger partial charge in [-0.1, -0.05) is 37.1 Å². The van der Waals surface area contributed by atoms with E-state index >= 15 is 0 Å². The number of esters is 1. The summed E-state index contributed by atoms with van der Waals surface area (Å²) >= 11 is 6.22. The lowest BCUT2D eigenvalue weighted by Gasteiger charge is -2.20. The summed E-state index contributed by atoms with van der Waals surface area (Å²) in [6.45, 7) is 6.01. The molecule has 5 heteroatoms. The van der Waals surface area contributed by atoms with Gasteiger partial charge in [0.15, 0.2) is 6.10 Å². The number of carbonyl (C=O) groups is 1. The van der Waals surface area contributed by atoms with Crippen LogP contribution in [0.5, 0.6) is 5.75 Å². The molecule has 0 heterocycles. The Hall–Kier alpha value is -1.26. The van der Waals surface area contributed by atoms with Crippen molar-refractivity contribution in [2.45, 2.75) is 52.2 Å². The highest BCUT2D eigenvalue weighted by molar-refractivity contribution is 6.32. The number of benzene rings is 1. The van der Waals surface area contributed by atoms with Crippen LogP contribution in [0.15, 0.2) is 18.2 Å². The van der Waals surface area contributed by atoms with Crippen LogP contribution >= 0.6 is 11.6 Å². The molecule has 21 heavy (non-hydrogen) atoms. The molecule has 0 bridgehead atoms. The van der Waals surface area contributed by atoms with Gasteiger partial charge in [-0.25, -0.2) is 4.79 Å². The van der Waals surface area contributed by atoms with E-state index in [-0.39, 0.29) is 12.0 Å². The van der Waals surface area contributed by atoms with Gasteiger partial charge in [-0.3, -0.25) is 0 Å². The highest BCUT2D eigenvalue weighted by atomic mass is 35.5. The van der Waals surface area contributed by atoms with Crippen LogP contribution in [0.25, 0.3) is 0 Å². The molecule has 0 aliphatic carbocycles. The van der Waals surface area contributed by atoms with E-state index in [4.69, 9.17) is 26.8 Å². The SMILES string of the molecule is CCCC(Oc1c(Cl)cccc1CC(C)N)C(=O)OCC. The Morgan fingerprint density at radius 3 is 2.67 bits per heavy atom. The summed E-state index contributed by atoms with van der Waals surface area (Å²) < 4.78 is 10.9. The van der Waals surface area contributed by atoms with E-state index in [9.17, 15) is 4.79 Å². The molecule has 1 aromatic rings. The van der Waals surface area contributed by atoms with Crippen LogP contribution in [0.1, 0.15) is 39.2 Å². The molecule has 0 aliphatic heterocycles. The van der Waals surface area contributed by atoms with Crippen LogP contribution in [-0.2, 0) is 16.0 Å². The molecular formula is C16H24ClNO3. The van der Waals surface area contributed by atoms with Crippen LogP contribution < -0.4 is 10.5 Å². The first-order chi connectivity index (χ1) is 9.99. The third kappa shape index (κ3) is 5.56. The van der Waals surface area contributed by atoms with Crippen molar-refractivity contribution in [3.05, 3.63) is 28.8 Å². The summed E-state index contributed by atoms with van der Waals surface area (Å²) in [5.74, 6) is 0.175. The second-order valence-electron chi connectivity index (χ2n) is 5.06. The topological polar surface area (TPSA) is 61.5 Å². The average molecular weight is 314 g/mol. The van der Waals surface area contributed by atoms with E-state index in [0.717, 1.165) is 12.0 Å². The fourth-order valence-corrected chi connectivity index (χ4v) is 2.30. The van der Waals surface area contributed by atoms with E-state index < -0.39 is 6.10 Å². The Kier molecular flexibility index (Phi) is 7.54. The Labute approximate surface area is 131 Å². The third-order valence-corrected chi connectivity index (χ3v) is 3.25. The second-order valence-corrected chi connectivity index (χ2v) is 5.46. The predicted molar refractivity (Wildman–Crippen MR) is 84.8 cm³/mol. The van der Waals surface area contributed by atoms with Crippen LogP contribution in [0, 0.1) is 0 Å². The van der Waals surface area contributed by atoms with E-state index in [1.54, 1.807) is 13.0 Å². The fraction of sp³-hybridized carbons (Fsp3) is 0.562. The van der Waals surface area contributed by atoms with Crippen molar-refractivity contribution in [1.29, 1.82) is 0 Å². The summed E-state index contributed by atoms with van der Waals surface area (Å²) in [7, 11) is 0. The number of hydrogen-bond donors (Lipinski definition) is 1. The van der Waals surface area contributed by atoms with E-state index in [1.165, 1.54) is 0 Å². The van der Waals surface area contributed by atoms with Crippen molar-refractivity contribution < 1.29 is 14.3 Å². The first kappa shape index (κ1) is 17.8. The molecule has 1 aromatic carbocycles. The van der Waals surface area contributed by atoms with Gasteiger partial charge >= 0.3 is 5.97 Å². The van der Waals surface area contributed by atoms with Gasteiger partial charge in [0.2, 0.25) is 0 Å². The van der Waals surface area contributed by atoms with Crippen molar-refractivity contribution in [3.8, 4) is 5.75 Å². The number of halogens is 1. The van der Waals surface area contributed by atoms with Crippen molar-refractivity contribution in [2.24, 2.45) is 5.73 Å². The minimum absolute atomic E-state index is 0.0157. The monoisotopic (exact) mass is 313 g/mol. The average Bonchev–Trinajstić information content (AvgIpc) is 2.41. The molecule has 2 N–H and O–H groups in total. The van der Waals surface area contributed by atoms with E-state index in [2.05, 4.69) is 0 Å². The summed E-state index contributed by atoms with van der Waals surface area (Å²) in [6.07, 6.45) is 1.40. The van der Waals surface area contributed by atoms with Crippen LogP contribution in [0.2, 0.25) is 5.02 Å². The van der Waals surface area contributed by atoms with Gasteiger partial charge in [-0.15, -0.1) is 0 Å². The molecule has 0 radical (unpaired) electrons. The quantitative estimate of drug-likeness (QED) is 0.748. The van der Waals surface area contributed by atoms with Gasteiger partial charge in [-0.2, -0.15) is 0 Å². The molecule has 118 valence electrons. The maximum Gasteiger partial charge on any atom is 0.347 e. The highest BCUT2D eigenvalue weighted by Gasteiger charge is 2.23. The van der Waals surface area contributed by atoms with Crippen molar-refractivity contribution in [2.75, 3.05) is 6.61 Å². The highest BCUT2D eigenvalue weighted by Crippen LogP contribution is 2.31. The zero-order chi connectivity index (χ0) is 15.8. The van der Waals surface area contributed by atoms with Crippen molar-refractivity contribution in [3.63, 3.8) is 0 Å². The fourth-order valence-electron chi connectivity index (χ4n) is 2.06. The number of carbonyl (C=O) groups excluding carboxylic acids is 1. The van der Waals surface area contributed by atoms with Gasteiger partial charge in [0, 0.05) is 6.04 Å². The summed E-state index contributed by atoms with van der Waals surface area (Å²) in [5, 5.41) is 0.485. The number of rotatable bonds is 8. The van der Waals surface area contributed by atoms with Crippen molar-refractivity contribution >= 4 is 17.6 Å². The molecule has 0 saturated carbocycles. The molecule has 0 amide bonds. The lowest BCUT2D eigenvalue weighted by atomic mass is 10.1. The number of hydrogen-bond acceptors (Lipinski definition) is 4.